The van der Waals surface area contributed by atoms with Crippen molar-refractivity contribution in [3.8, 4) is 11.4 Å². The van der Waals surface area contributed by atoms with E-state index in [9.17, 15) is 9.59 Å². The first-order chi connectivity index (χ1) is 12.2. The van der Waals surface area contributed by atoms with Crippen molar-refractivity contribution in [1.82, 2.24) is 20.8 Å². The van der Waals surface area contributed by atoms with Crippen LogP contribution >= 0.6 is 0 Å². The minimum Gasteiger partial charge on any atom is -0.347 e. The number of carbonyl (C=O) groups is 2. The van der Waals surface area contributed by atoms with Crippen LogP contribution in [0.5, 0.6) is 0 Å². The summed E-state index contributed by atoms with van der Waals surface area (Å²) in [5.41, 5.74) is 3.29. The molecule has 1 aliphatic heterocycles. The van der Waals surface area contributed by atoms with Crippen molar-refractivity contribution in [2.24, 2.45) is 0 Å². The Hall–Kier alpha value is -2.70. The molecule has 1 saturated carbocycles. The van der Waals surface area contributed by atoms with Gasteiger partial charge in [0, 0.05) is 11.5 Å². The number of benzene rings is 1. The van der Waals surface area contributed by atoms with Gasteiger partial charge in [0.05, 0.1) is 12.5 Å². The number of hydrogen-bond donors (Lipinski definition) is 2. The molecule has 5 rings (SSSR count). The van der Waals surface area contributed by atoms with Crippen LogP contribution in [0.2, 0.25) is 0 Å². The zero-order chi connectivity index (χ0) is 17.0. The van der Waals surface area contributed by atoms with Crippen molar-refractivity contribution in [3.05, 3.63) is 35.2 Å². The van der Waals surface area contributed by atoms with Crippen molar-refractivity contribution < 1.29 is 14.1 Å². The molecule has 2 N–H and O–H groups in total. The first-order valence-electron chi connectivity index (χ1n) is 8.74. The van der Waals surface area contributed by atoms with Crippen LogP contribution in [0.15, 0.2) is 22.7 Å². The third-order valence-corrected chi connectivity index (χ3v) is 5.20. The summed E-state index contributed by atoms with van der Waals surface area (Å²) in [5, 5.41) is 9.74. The van der Waals surface area contributed by atoms with E-state index in [1.165, 1.54) is 5.56 Å². The monoisotopic (exact) mass is 338 g/mol. The van der Waals surface area contributed by atoms with E-state index < -0.39 is 0 Å². The van der Waals surface area contributed by atoms with Crippen LogP contribution in [-0.4, -0.2) is 28.0 Å². The molecule has 0 spiro atoms. The molecule has 7 heteroatoms. The lowest BCUT2D eigenvalue weighted by Gasteiger charge is -2.27. The molecule has 0 bridgehead atoms. The Kier molecular flexibility index (Phi) is 3.16. The van der Waals surface area contributed by atoms with Crippen LogP contribution in [0.3, 0.4) is 0 Å². The number of β-lactam (4-membered cyclic amide) rings is 1. The largest absolute Gasteiger partial charge is 0.347 e. The predicted molar refractivity (Wildman–Crippen MR) is 87.5 cm³/mol. The Morgan fingerprint density at radius 1 is 1.28 bits per heavy atom. The van der Waals surface area contributed by atoms with Gasteiger partial charge in [0.15, 0.2) is 0 Å². The minimum absolute atomic E-state index is 0.00125. The van der Waals surface area contributed by atoms with Crippen LogP contribution < -0.4 is 10.6 Å². The normalized spacial score (nSPS) is 24.4. The summed E-state index contributed by atoms with van der Waals surface area (Å²) in [6.07, 6.45) is 4.32. The maximum Gasteiger partial charge on any atom is 0.243 e. The number of rotatable bonds is 4. The lowest BCUT2D eigenvalue weighted by molar-refractivity contribution is -0.137. The van der Waals surface area contributed by atoms with Gasteiger partial charge in [0.25, 0.3) is 0 Å². The number of aryl methyl sites for hydroxylation is 1. The average molecular weight is 338 g/mol. The molecule has 2 amide bonds. The maximum absolute atomic E-state index is 12.1. The van der Waals surface area contributed by atoms with E-state index in [1.807, 2.05) is 12.1 Å². The molecule has 1 saturated heterocycles. The highest BCUT2D eigenvalue weighted by atomic mass is 16.5. The average Bonchev–Trinajstić information content (AvgIpc) is 3.18. The van der Waals surface area contributed by atoms with Crippen molar-refractivity contribution in [3.63, 3.8) is 0 Å². The highest BCUT2D eigenvalue weighted by molar-refractivity contribution is 5.97. The standard InChI is InChI=1S/C18H18N4O3/c23-15-8-14(19-15)17(24)20-13-6-4-10-7-11(3-5-12(10)13)16-21-18(25-22-16)9-1-2-9/h3,5,7,9,13-14H,1-2,4,6,8H2,(H,19,23)(H,20,24)/t13-,14-/m1/s1. The van der Waals surface area contributed by atoms with Gasteiger partial charge in [-0.05, 0) is 42.9 Å². The Balaban J connectivity index is 1.32. The number of hydrogen-bond acceptors (Lipinski definition) is 5. The van der Waals surface area contributed by atoms with Gasteiger partial charge in [-0.3, -0.25) is 9.59 Å². The van der Waals surface area contributed by atoms with E-state index in [4.69, 9.17) is 4.52 Å². The summed E-state index contributed by atoms with van der Waals surface area (Å²) in [6, 6.07) is 5.73. The Morgan fingerprint density at radius 3 is 2.88 bits per heavy atom. The number of carbonyl (C=O) groups excluding carboxylic acids is 2. The number of amides is 2. The SMILES string of the molecule is O=C1C[C@H](C(=O)N[C@@H]2CCc3cc(-c4noc(C5CC5)n4)ccc32)N1. The molecule has 25 heavy (non-hydrogen) atoms. The molecule has 128 valence electrons. The number of fused-ring (bicyclic) bond motifs is 1. The molecule has 2 atom stereocenters. The first-order valence-corrected chi connectivity index (χ1v) is 8.74. The number of aromatic nitrogens is 2. The molecular weight excluding hydrogens is 320 g/mol. The van der Waals surface area contributed by atoms with E-state index in [0.29, 0.717) is 11.7 Å². The zero-order valence-electron chi connectivity index (χ0n) is 13.6. The highest BCUT2D eigenvalue weighted by Gasteiger charge is 2.34. The van der Waals surface area contributed by atoms with Crippen LogP contribution in [0.1, 0.15) is 54.7 Å². The van der Waals surface area contributed by atoms with Gasteiger partial charge in [0.1, 0.15) is 6.04 Å². The molecule has 1 aromatic heterocycles. The molecule has 2 heterocycles. The van der Waals surface area contributed by atoms with Gasteiger partial charge in [-0.1, -0.05) is 17.3 Å². The molecule has 2 fully saturated rings. The van der Waals surface area contributed by atoms with Crippen LogP contribution in [0.25, 0.3) is 11.4 Å². The summed E-state index contributed by atoms with van der Waals surface area (Å²) >= 11 is 0. The zero-order valence-corrected chi connectivity index (χ0v) is 13.6. The summed E-state index contributed by atoms with van der Waals surface area (Å²) in [5.74, 6) is 1.65. The van der Waals surface area contributed by atoms with E-state index in [1.54, 1.807) is 0 Å². The van der Waals surface area contributed by atoms with Gasteiger partial charge < -0.3 is 15.2 Å². The summed E-state index contributed by atoms with van der Waals surface area (Å²) in [4.78, 5) is 27.6. The molecule has 2 aliphatic carbocycles. The molecule has 2 aromatic rings. The van der Waals surface area contributed by atoms with Gasteiger partial charge in [0.2, 0.25) is 23.5 Å². The van der Waals surface area contributed by atoms with E-state index in [2.05, 4.69) is 26.8 Å². The van der Waals surface area contributed by atoms with Gasteiger partial charge in [-0.15, -0.1) is 0 Å². The molecule has 3 aliphatic rings. The van der Waals surface area contributed by atoms with Crippen molar-refractivity contribution in [2.45, 2.75) is 50.1 Å². The third-order valence-electron chi connectivity index (χ3n) is 5.20. The molecule has 7 nitrogen and oxygen atoms in total. The second-order valence-electron chi connectivity index (χ2n) is 7.07. The minimum atomic E-state index is -0.379. The van der Waals surface area contributed by atoms with Crippen LogP contribution in [0.4, 0.5) is 0 Å². The lowest BCUT2D eigenvalue weighted by Crippen LogP contribution is -2.57. The summed E-state index contributed by atoms with van der Waals surface area (Å²) in [7, 11) is 0. The fourth-order valence-electron chi connectivity index (χ4n) is 3.54. The van der Waals surface area contributed by atoms with Crippen molar-refractivity contribution in [1.29, 1.82) is 0 Å². The topological polar surface area (TPSA) is 97.1 Å². The first kappa shape index (κ1) is 14.6. The molecular formula is C18H18N4O3. The molecule has 0 radical (unpaired) electrons. The van der Waals surface area contributed by atoms with E-state index in [-0.39, 0.29) is 30.3 Å². The second kappa shape index (κ2) is 5.40. The summed E-state index contributed by atoms with van der Waals surface area (Å²) < 4.78 is 5.34. The Labute approximate surface area is 144 Å². The molecule has 1 aromatic carbocycles. The predicted octanol–water partition coefficient (Wildman–Crippen LogP) is 1.61. The lowest BCUT2D eigenvalue weighted by atomic mass is 10.0. The van der Waals surface area contributed by atoms with Gasteiger partial charge >= 0.3 is 0 Å². The second-order valence-corrected chi connectivity index (χ2v) is 7.07. The van der Waals surface area contributed by atoms with Crippen LogP contribution in [0, 0.1) is 0 Å². The fraction of sp³-hybridized carbons (Fsp3) is 0.444. The van der Waals surface area contributed by atoms with Crippen LogP contribution in [-0.2, 0) is 16.0 Å². The third kappa shape index (κ3) is 2.59. The van der Waals surface area contributed by atoms with Crippen molar-refractivity contribution >= 4 is 11.8 Å². The van der Waals surface area contributed by atoms with Crippen molar-refractivity contribution in [2.75, 3.05) is 0 Å². The summed E-state index contributed by atoms with van der Waals surface area (Å²) in [6.45, 7) is 0. The smallest absolute Gasteiger partial charge is 0.243 e. The van der Waals surface area contributed by atoms with E-state index >= 15 is 0 Å². The van der Waals surface area contributed by atoms with Gasteiger partial charge in [-0.25, -0.2) is 0 Å². The fourth-order valence-corrected chi connectivity index (χ4v) is 3.54. The quantitative estimate of drug-likeness (QED) is 0.826. The Morgan fingerprint density at radius 2 is 2.12 bits per heavy atom. The number of nitrogens with zero attached hydrogens (tertiary/aromatic N) is 2. The highest BCUT2D eigenvalue weighted by Crippen LogP contribution is 2.40. The van der Waals surface area contributed by atoms with Gasteiger partial charge in [-0.2, -0.15) is 4.98 Å². The Bertz CT molecular complexity index is 863. The maximum atomic E-state index is 12.1. The van der Waals surface area contributed by atoms with E-state index in [0.717, 1.165) is 42.7 Å². The number of nitrogens with one attached hydrogen (secondary N) is 2. The molecule has 0 unspecified atom stereocenters.